The molecule has 0 aromatic heterocycles. The molecule has 0 N–H and O–H groups in total. The van der Waals surface area contributed by atoms with E-state index in [9.17, 15) is 14.9 Å². The van der Waals surface area contributed by atoms with Crippen LogP contribution in [-0.2, 0) is 16.1 Å². The molecule has 0 radical (unpaired) electrons. The molecule has 1 fully saturated rings. The molecule has 0 amide bonds. The van der Waals surface area contributed by atoms with E-state index in [0.29, 0.717) is 23.1 Å². The van der Waals surface area contributed by atoms with E-state index in [1.165, 1.54) is 13.2 Å². The van der Waals surface area contributed by atoms with Crippen LogP contribution >= 0.6 is 15.9 Å². The Morgan fingerprint density at radius 1 is 1.57 bits per heavy atom. The van der Waals surface area contributed by atoms with Crippen LogP contribution in [0.4, 0.5) is 5.69 Å². The minimum Gasteiger partial charge on any atom is -0.469 e. The number of benzene rings is 1. The lowest BCUT2D eigenvalue weighted by Crippen LogP contribution is -2.38. The number of ether oxygens (including phenoxy) is 1. The van der Waals surface area contributed by atoms with Crippen molar-refractivity contribution in [2.45, 2.75) is 19.4 Å². The maximum Gasteiger partial charge on any atom is 0.309 e. The summed E-state index contributed by atoms with van der Waals surface area (Å²) < 4.78 is 5.47. The maximum atomic E-state index is 11.6. The number of hydrogen-bond donors (Lipinski definition) is 0. The van der Waals surface area contributed by atoms with E-state index >= 15 is 0 Å². The van der Waals surface area contributed by atoms with Crippen molar-refractivity contribution in [3.8, 4) is 0 Å². The first-order valence-corrected chi connectivity index (χ1v) is 7.53. The third kappa shape index (κ3) is 4.01. The molecule has 7 heteroatoms. The highest BCUT2D eigenvalue weighted by Crippen LogP contribution is 2.26. The number of nitrogens with zero attached hydrogens (tertiary/aromatic N) is 2. The average Bonchev–Trinajstić information content (AvgIpc) is 2.48. The zero-order chi connectivity index (χ0) is 15.4. The van der Waals surface area contributed by atoms with E-state index in [4.69, 9.17) is 4.74 Å². The van der Waals surface area contributed by atoms with Gasteiger partial charge in [-0.15, -0.1) is 0 Å². The average molecular weight is 357 g/mol. The molecule has 0 aliphatic carbocycles. The van der Waals surface area contributed by atoms with E-state index in [2.05, 4.69) is 20.8 Å². The molecule has 6 nitrogen and oxygen atoms in total. The van der Waals surface area contributed by atoms with Crippen molar-refractivity contribution in [1.82, 2.24) is 4.90 Å². The van der Waals surface area contributed by atoms with Crippen molar-refractivity contribution < 1.29 is 14.5 Å². The van der Waals surface area contributed by atoms with E-state index < -0.39 is 0 Å². The lowest BCUT2D eigenvalue weighted by Gasteiger charge is -2.31. The molecule has 1 aromatic rings. The summed E-state index contributed by atoms with van der Waals surface area (Å²) in [6.45, 7) is 1.89. The molecule has 1 unspecified atom stereocenters. The number of methoxy groups -OCH3 is 1. The summed E-state index contributed by atoms with van der Waals surface area (Å²) in [5.74, 6) is -0.344. The number of rotatable bonds is 4. The van der Waals surface area contributed by atoms with Crippen LogP contribution in [0.15, 0.2) is 22.7 Å². The Bertz CT molecular complexity index is 550. The van der Waals surface area contributed by atoms with Gasteiger partial charge in [0, 0.05) is 29.2 Å². The van der Waals surface area contributed by atoms with Crippen molar-refractivity contribution in [2.75, 3.05) is 20.2 Å². The van der Waals surface area contributed by atoms with Crippen LogP contribution in [0.3, 0.4) is 0 Å². The fourth-order valence-corrected chi connectivity index (χ4v) is 2.99. The van der Waals surface area contributed by atoms with Crippen LogP contribution in [0.1, 0.15) is 18.4 Å². The lowest BCUT2D eigenvalue weighted by molar-refractivity contribution is -0.385. The topological polar surface area (TPSA) is 72.7 Å². The van der Waals surface area contributed by atoms with Gasteiger partial charge in [-0.3, -0.25) is 19.8 Å². The zero-order valence-corrected chi connectivity index (χ0v) is 13.3. The summed E-state index contributed by atoms with van der Waals surface area (Å²) in [6, 6.07) is 5.06. The summed E-state index contributed by atoms with van der Waals surface area (Å²) in [7, 11) is 1.39. The number of nitro benzene ring substituents is 1. The highest BCUT2D eigenvalue weighted by molar-refractivity contribution is 9.10. The first kappa shape index (κ1) is 15.9. The summed E-state index contributed by atoms with van der Waals surface area (Å²) in [5.41, 5.74) is 0.762. The lowest BCUT2D eigenvalue weighted by atomic mass is 9.97. The summed E-state index contributed by atoms with van der Waals surface area (Å²) in [4.78, 5) is 24.4. The van der Waals surface area contributed by atoms with Crippen LogP contribution in [-0.4, -0.2) is 36.0 Å². The van der Waals surface area contributed by atoms with Crippen molar-refractivity contribution >= 4 is 27.6 Å². The maximum absolute atomic E-state index is 11.6. The predicted molar refractivity (Wildman–Crippen MR) is 80.8 cm³/mol. The van der Waals surface area contributed by atoms with Crippen LogP contribution in [0.2, 0.25) is 0 Å². The van der Waals surface area contributed by atoms with Crippen LogP contribution < -0.4 is 0 Å². The minimum atomic E-state index is -0.373. The van der Waals surface area contributed by atoms with E-state index in [1.54, 1.807) is 12.1 Å². The van der Waals surface area contributed by atoms with Crippen molar-refractivity contribution in [1.29, 1.82) is 0 Å². The fraction of sp³-hybridized carbons (Fsp3) is 0.500. The van der Waals surface area contributed by atoms with Gasteiger partial charge in [-0.2, -0.15) is 0 Å². The van der Waals surface area contributed by atoms with Crippen molar-refractivity contribution in [3.05, 3.63) is 38.3 Å². The SMILES string of the molecule is COC(=O)C1CCCN(Cc2ccc(Br)cc2[N+](=O)[O-])C1. The van der Waals surface area contributed by atoms with Crippen LogP contribution in [0.5, 0.6) is 0 Å². The molecular formula is C14H17BrN2O4. The minimum absolute atomic E-state index is 0.101. The predicted octanol–water partition coefficient (Wildman–Crippen LogP) is 2.74. The molecule has 0 spiro atoms. The highest BCUT2D eigenvalue weighted by Gasteiger charge is 2.27. The Hall–Kier alpha value is -1.47. The van der Waals surface area contributed by atoms with Crippen molar-refractivity contribution in [3.63, 3.8) is 0 Å². The van der Waals surface area contributed by atoms with Gasteiger partial charge in [0.1, 0.15) is 0 Å². The number of carbonyl (C=O) groups excluding carboxylic acids is 1. The Morgan fingerprint density at radius 2 is 2.33 bits per heavy atom. The van der Waals surface area contributed by atoms with Gasteiger partial charge in [-0.25, -0.2) is 0 Å². The molecular weight excluding hydrogens is 340 g/mol. The quantitative estimate of drug-likeness (QED) is 0.471. The van der Waals surface area contributed by atoms with Gasteiger partial charge in [-0.05, 0) is 31.5 Å². The van der Waals surface area contributed by atoms with E-state index in [0.717, 1.165) is 19.4 Å². The van der Waals surface area contributed by atoms with Gasteiger partial charge in [-0.1, -0.05) is 15.9 Å². The fourth-order valence-electron chi connectivity index (χ4n) is 2.64. The molecule has 0 saturated carbocycles. The van der Waals surface area contributed by atoms with Gasteiger partial charge in [0.05, 0.1) is 18.0 Å². The number of carbonyl (C=O) groups is 1. The third-order valence-electron chi connectivity index (χ3n) is 3.68. The van der Waals surface area contributed by atoms with Crippen LogP contribution in [0, 0.1) is 16.0 Å². The smallest absolute Gasteiger partial charge is 0.309 e. The van der Waals surface area contributed by atoms with Crippen molar-refractivity contribution in [2.24, 2.45) is 5.92 Å². The number of nitro groups is 1. The third-order valence-corrected chi connectivity index (χ3v) is 4.17. The Kier molecular flexibility index (Phi) is 5.30. The molecule has 0 bridgehead atoms. The van der Waals surface area contributed by atoms with E-state index in [1.807, 2.05) is 0 Å². The second kappa shape index (κ2) is 7.00. The van der Waals surface area contributed by atoms with E-state index in [-0.39, 0.29) is 22.5 Å². The standard InChI is InChI=1S/C14H17BrN2O4/c1-21-14(18)11-3-2-6-16(9-11)8-10-4-5-12(15)7-13(10)17(19)20/h4-5,7,11H,2-3,6,8-9H2,1H3. The van der Waals surface area contributed by atoms with Crippen LogP contribution in [0.25, 0.3) is 0 Å². The number of halogens is 1. The number of likely N-dealkylation sites (tertiary alicyclic amines) is 1. The number of piperidine rings is 1. The first-order chi connectivity index (χ1) is 10.0. The molecule has 1 saturated heterocycles. The van der Waals surface area contributed by atoms with Gasteiger partial charge in [0.15, 0.2) is 0 Å². The Balaban J connectivity index is 2.11. The summed E-state index contributed by atoms with van der Waals surface area (Å²) in [5, 5.41) is 11.1. The molecule has 1 aromatic carbocycles. The summed E-state index contributed by atoms with van der Waals surface area (Å²) >= 11 is 3.25. The first-order valence-electron chi connectivity index (χ1n) is 6.74. The molecule has 2 rings (SSSR count). The molecule has 1 heterocycles. The normalized spacial score (nSPS) is 19.2. The largest absolute Gasteiger partial charge is 0.469 e. The zero-order valence-electron chi connectivity index (χ0n) is 11.8. The monoisotopic (exact) mass is 356 g/mol. The molecule has 21 heavy (non-hydrogen) atoms. The second-order valence-corrected chi connectivity index (χ2v) is 6.04. The molecule has 1 atom stereocenters. The Labute approximate surface area is 131 Å². The molecule has 1 aliphatic rings. The second-order valence-electron chi connectivity index (χ2n) is 5.13. The van der Waals surface area contributed by atoms with Gasteiger partial charge < -0.3 is 4.74 Å². The molecule has 114 valence electrons. The summed E-state index contributed by atoms with van der Waals surface area (Å²) in [6.07, 6.45) is 1.70. The molecule has 1 aliphatic heterocycles. The van der Waals surface area contributed by atoms with Gasteiger partial charge in [0.2, 0.25) is 0 Å². The Morgan fingerprint density at radius 3 is 3.00 bits per heavy atom. The van der Waals surface area contributed by atoms with Gasteiger partial charge in [0.25, 0.3) is 5.69 Å². The van der Waals surface area contributed by atoms with Gasteiger partial charge >= 0.3 is 5.97 Å². The highest BCUT2D eigenvalue weighted by atomic mass is 79.9. The number of hydrogen-bond acceptors (Lipinski definition) is 5. The number of esters is 1.